The molecule has 1 aliphatic heterocycles. The van der Waals surface area contributed by atoms with E-state index in [2.05, 4.69) is 21.5 Å². The molecule has 4 rings (SSSR count). The van der Waals surface area contributed by atoms with Crippen molar-refractivity contribution in [3.05, 3.63) is 89.3 Å². The lowest BCUT2D eigenvalue weighted by molar-refractivity contribution is 0.102. The van der Waals surface area contributed by atoms with Crippen LogP contribution in [-0.4, -0.2) is 39.8 Å². The molecule has 1 fully saturated rings. The second-order valence-corrected chi connectivity index (χ2v) is 8.33. The molecule has 8 heteroatoms. The summed E-state index contributed by atoms with van der Waals surface area (Å²) in [5, 5.41) is 8.86. The Balaban J connectivity index is 1.57. The summed E-state index contributed by atoms with van der Waals surface area (Å²) >= 11 is 5.94. The number of imidazole rings is 1. The van der Waals surface area contributed by atoms with Gasteiger partial charge >= 0.3 is 0 Å². The zero-order valence-electron chi connectivity index (χ0n) is 19.2. The number of aliphatic imine (C=N–C) groups is 1. The molecule has 2 aromatic heterocycles. The number of nitrogens with one attached hydrogen (secondary N) is 1. The predicted molar refractivity (Wildman–Crippen MR) is 135 cm³/mol. The maximum absolute atomic E-state index is 8.45. The summed E-state index contributed by atoms with van der Waals surface area (Å²) in [5.74, 6) is 0.806. The number of ether oxygens (including phenoxy) is 2. The van der Waals surface area contributed by atoms with Crippen molar-refractivity contribution in [2.24, 2.45) is 4.99 Å². The Bertz CT molecular complexity index is 1260. The zero-order chi connectivity index (χ0) is 24.1. The van der Waals surface area contributed by atoms with E-state index in [1.807, 2.05) is 48.0 Å². The summed E-state index contributed by atoms with van der Waals surface area (Å²) in [5.41, 5.74) is 5.03. The van der Waals surface area contributed by atoms with Gasteiger partial charge < -0.3 is 14.0 Å². The van der Waals surface area contributed by atoms with Gasteiger partial charge in [0.25, 0.3) is 0 Å². The summed E-state index contributed by atoms with van der Waals surface area (Å²) in [6.45, 7) is 6.70. The van der Waals surface area contributed by atoms with E-state index < -0.39 is 6.10 Å². The molecule has 1 N–H and O–H groups in total. The van der Waals surface area contributed by atoms with Crippen LogP contribution in [0.3, 0.4) is 0 Å². The van der Waals surface area contributed by atoms with Crippen LogP contribution in [-0.2, 0) is 4.74 Å². The van der Waals surface area contributed by atoms with Crippen LogP contribution in [0.1, 0.15) is 35.8 Å². The number of aromatic nitrogens is 3. The number of hydrogen-bond acceptors (Lipinski definition) is 5. The molecule has 1 atom stereocenters. The van der Waals surface area contributed by atoms with E-state index in [9.17, 15) is 0 Å². The molecule has 0 amide bonds. The Hall–Kier alpha value is -3.55. The summed E-state index contributed by atoms with van der Waals surface area (Å²) in [4.78, 5) is 13.0. The van der Waals surface area contributed by atoms with Crippen molar-refractivity contribution in [1.29, 1.82) is 5.41 Å². The Morgan fingerprint density at radius 2 is 2.18 bits per heavy atom. The average Bonchev–Trinajstić information content (AvgIpc) is 3.19. The largest absolute Gasteiger partial charge is 0.495 e. The number of halogens is 1. The minimum Gasteiger partial charge on any atom is -0.495 e. The van der Waals surface area contributed by atoms with Crippen LogP contribution in [0, 0.1) is 12.3 Å². The van der Waals surface area contributed by atoms with E-state index in [4.69, 9.17) is 26.5 Å². The van der Waals surface area contributed by atoms with E-state index in [1.165, 1.54) is 0 Å². The molecule has 0 bridgehead atoms. The van der Waals surface area contributed by atoms with E-state index >= 15 is 0 Å². The van der Waals surface area contributed by atoms with Crippen molar-refractivity contribution in [2.45, 2.75) is 25.9 Å². The maximum Gasteiger partial charge on any atom is 0.144 e. The van der Waals surface area contributed by atoms with Gasteiger partial charge in [-0.1, -0.05) is 36.4 Å². The fourth-order valence-electron chi connectivity index (χ4n) is 3.72. The van der Waals surface area contributed by atoms with E-state index in [0.717, 1.165) is 40.9 Å². The van der Waals surface area contributed by atoms with Crippen molar-refractivity contribution >= 4 is 29.2 Å². The molecule has 3 heterocycles. The predicted octanol–water partition coefficient (Wildman–Crippen LogP) is 5.78. The minimum absolute atomic E-state index is 0.0989. The molecular weight excluding hydrogens is 450 g/mol. The lowest BCUT2D eigenvalue weighted by atomic mass is 9.99. The first-order valence-corrected chi connectivity index (χ1v) is 11.3. The highest BCUT2D eigenvalue weighted by Gasteiger charge is 2.25. The van der Waals surface area contributed by atoms with Gasteiger partial charge in [0.2, 0.25) is 0 Å². The first-order chi connectivity index (χ1) is 16.4. The van der Waals surface area contributed by atoms with Crippen LogP contribution in [0.25, 0.3) is 11.8 Å². The van der Waals surface area contributed by atoms with Crippen LogP contribution in [0.4, 0.5) is 0 Å². The van der Waals surface area contributed by atoms with Gasteiger partial charge in [0, 0.05) is 24.6 Å². The molecule has 34 heavy (non-hydrogen) atoms. The molecule has 3 aromatic rings. The standard InChI is InChI=1S/C26H26ClN5O2/c1-17-5-4-12-34-26(20-8-10-23(27)29-14-20)25(17)31-24(28)11-7-19-6-9-21(22(13-19)33-3)32-15-18(2)30-16-32/h6-11,13-16,26,28H,1,4-5,12H2,2-3H3/b11-7+,28-24?,31-25+/t26-/m0/s1. The maximum atomic E-state index is 8.45. The highest BCUT2D eigenvalue weighted by Crippen LogP contribution is 2.29. The van der Waals surface area contributed by atoms with Gasteiger partial charge in [-0.05, 0) is 55.2 Å². The number of amidine groups is 1. The molecule has 1 aliphatic rings. The topological polar surface area (TPSA) is 85.4 Å². The first-order valence-electron chi connectivity index (χ1n) is 10.9. The summed E-state index contributed by atoms with van der Waals surface area (Å²) in [6.07, 6.45) is 10.0. The minimum atomic E-state index is -0.438. The molecule has 0 spiro atoms. The third-order valence-electron chi connectivity index (χ3n) is 5.44. The fraction of sp³-hybridized carbons (Fsp3) is 0.231. The van der Waals surface area contributed by atoms with Gasteiger partial charge in [-0.25, -0.2) is 15.0 Å². The molecule has 0 radical (unpaired) electrons. The molecule has 7 nitrogen and oxygen atoms in total. The van der Waals surface area contributed by atoms with Gasteiger partial charge in [-0.15, -0.1) is 0 Å². The molecular formula is C26H26ClN5O2. The summed E-state index contributed by atoms with van der Waals surface area (Å²) in [7, 11) is 1.63. The third kappa shape index (κ3) is 5.50. The number of rotatable bonds is 5. The van der Waals surface area contributed by atoms with E-state index in [-0.39, 0.29) is 5.84 Å². The van der Waals surface area contributed by atoms with Crippen LogP contribution in [0.5, 0.6) is 5.75 Å². The third-order valence-corrected chi connectivity index (χ3v) is 5.66. The highest BCUT2D eigenvalue weighted by molar-refractivity contribution is 6.29. The molecule has 1 aromatic carbocycles. The SMILES string of the molecule is C=C1CCCO[C@@H](c2ccc(Cl)nc2)/C1=N/C(=N)/C=C/c1ccc(-n2cnc(C)c2)c(OC)c1. The molecule has 1 saturated heterocycles. The number of pyridine rings is 1. The van der Waals surface area contributed by atoms with Gasteiger partial charge in [-0.2, -0.15) is 0 Å². The normalized spacial score (nSPS) is 17.8. The van der Waals surface area contributed by atoms with Gasteiger partial charge in [0.15, 0.2) is 0 Å². The van der Waals surface area contributed by atoms with Gasteiger partial charge in [0.1, 0.15) is 22.8 Å². The van der Waals surface area contributed by atoms with Crippen molar-refractivity contribution in [3.63, 3.8) is 0 Å². The molecule has 174 valence electrons. The number of hydrogen-bond donors (Lipinski definition) is 1. The number of methoxy groups -OCH3 is 1. The van der Waals surface area contributed by atoms with Crippen molar-refractivity contribution in [1.82, 2.24) is 14.5 Å². The van der Waals surface area contributed by atoms with E-state index in [0.29, 0.717) is 23.2 Å². The van der Waals surface area contributed by atoms with Crippen LogP contribution in [0.15, 0.2) is 72.3 Å². The lowest BCUT2D eigenvalue weighted by Crippen LogP contribution is -2.17. The highest BCUT2D eigenvalue weighted by atomic mass is 35.5. The summed E-state index contributed by atoms with van der Waals surface area (Å²) in [6, 6.07) is 9.42. The Morgan fingerprint density at radius 3 is 2.88 bits per heavy atom. The second-order valence-electron chi connectivity index (χ2n) is 7.94. The first kappa shape index (κ1) is 23.6. The van der Waals surface area contributed by atoms with Crippen molar-refractivity contribution in [2.75, 3.05) is 13.7 Å². The van der Waals surface area contributed by atoms with Crippen molar-refractivity contribution < 1.29 is 9.47 Å². The molecule has 0 unspecified atom stereocenters. The number of nitrogens with zero attached hydrogens (tertiary/aromatic N) is 4. The van der Waals surface area contributed by atoms with Gasteiger partial charge in [0.05, 0.1) is 30.5 Å². The van der Waals surface area contributed by atoms with Crippen LogP contribution in [0.2, 0.25) is 5.15 Å². The number of benzene rings is 1. The average molecular weight is 476 g/mol. The smallest absolute Gasteiger partial charge is 0.144 e. The zero-order valence-corrected chi connectivity index (χ0v) is 19.9. The van der Waals surface area contributed by atoms with Crippen molar-refractivity contribution in [3.8, 4) is 11.4 Å². The molecule has 0 aliphatic carbocycles. The lowest BCUT2D eigenvalue weighted by Gasteiger charge is -2.18. The van der Waals surface area contributed by atoms with Crippen LogP contribution >= 0.6 is 11.6 Å². The summed E-state index contributed by atoms with van der Waals surface area (Å²) < 4.78 is 13.5. The second kappa shape index (κ2) is 10.6. The monoisotopic (exact) mass is 475 g/mol. The Morgan fingerprint density at radius 1 is 1.32 bits per heavy atom. The Labute approximate surface area is 204 Å². The molecule has 0 saturated carbocycles. The quantitative estimate of drug-likeness (QED) is 0.288. The van der Waals surface area contributed by atoms with E-state index in [1.54, 1.807) is 31.8 Å². The fourth-order valence-corrected chi connectivity index (χ4v) is 3.83. The number of aryl methyl sites for hydroxylation is 1. The Kier molecular flexibility index (Phi) is 7.35. The van der Waals surface area contributed by atoms with Gasteiger partial charge in [-0.3, -0.25) is 5.41 Å². The van der Waals surface area contributed by atoms with Crippen LogP contribution < -0.4 is 4.74 Å².